The van der Waals surface area contributed by atoms with Crippen molar-refractivity contribution < 1.29 is 9.53 Å². The Labute approximate surface area is 73.9 Å². The zero-order valence-electron chi connectivity index (χ0n) is 8.18. The molecule has 0 aromatic rings. The van der Waals surface area contributed by atoms with Gasteiger partial charge in [-0.1, -0.05) is 12.2 Å². The van der Waals surface area contributed by atoms with Gasteiger partial charge >= 0.3 is 5.97 Å². The number of esters is 1. The van der Waals surface area contributed by atoms with Gasteiger partial charge in [0.05, 0.1) is 0 Å². The summed E-state index contributed by atoms with van der Waals surface area (Å²) in [5.74, 6) is -0.237. The van der Waals surface area contributed by atoms with E-state index in [2.05, 4.69) is 0 Å². The summed E-state index contributed by atoms with van der Waals surface area (Å²) in [5.41, 5.74) is 1.71. The Balaban J connectivity index is 3.88. The summed E-state index contributed by atoms with van der Waals surface area (Å²) in [5, 5.41) is 0. The molecule has 0 heterocycles. The Morgan fingerprint density at radius 2 is 1.83 bits per heavy atom. The molecule has 0 bridgehead atoms. The van der Waals surface area contributed by atoms with Gasteiger partial charge < -0.3 is 4.74 Å². The second kappa shape index (κ2) is 5.58. The SMILES string of the molecule is C/C=C(\C)COC(=O)/C(C)=C/C. The highest BCUT2D eigenvalue weighted by Gasteiger charge is 2.03. The Hall–Kier alpha value is -1.05. The lowest BCUT2D eigenvalue weighted by Gasteiger charge is -2.03. The van der Waals surface area contributed by atoms with Crippen LogP contribution in [0.15, 0.2) is 23.3 Å². The van der Waals surface area contributed by atoms with Crippen LogP contribution in [0.3, 0.4) is 0 Å². The average molecular weight is 168 g/mol. The van der Waals surface area contributed by atoms with E-state index in [1.54, 1.807) is 13.0 Å². The van der Waals surface area contributed by atoms with Crippen molar-refractivity contribution in [2.75, 3.05) is 6.61 Å². The summed E-state index contributed by atoms with van der Waals surface area (Å²) < 4.78 is 4.97. The summed E-state index contributed by atoms with van der Waals surface area (Å²) in [7, 11) is 0. The molecule has 0 aliphatic rings. The van der Waals surface area contributed by atoms with Crippen LogP contribution in [-0.2, 0) is 9.53 Å². The van der Waals surface area contributed by atoms with Crippen molar-refractivity contribution >= 4 is 5.97 Å². The first kappa shape index (κ1) is 11.0. The number of rotatable bonds is 3. The van der Waals surface area contributed by atoms with E-state index >= 15 is 0 Å². The van der Waals surface area contributed by atoms with E-state index in [4.69, 9.17) is 4.74 Å². The standard InChI is InChI=1S/C10H16O2/c1-5-8(3)7-12-10(11)9(4)6-2/h5-6H,7H2,1-4H3/b8-5+,9-6+. The lowest BCUT2D eigenvalue weighted by molar-refractivity contribution is -0.138. The fourth-order valence-corrected chi connectivity index (χ4v) is 0.494. The summed E-state index contributed by atoms with van der Waals surface area (Å²) >= 11 is 0. The monoisotopic (exact) mass is 168 g/mol. The van der Waals surface area contributed by atoms with Crippen molar-refractivity contribution in [1.82, 2.24) is 0 Å². The second-order valence-corrected chi connectivity index (χ2v) is 2.68. The van der Waals surface area contributed by atoms with Crippen molar-refractivity contribution in [3.05, 3.63) is 23.3 Å². The third-order valence-corrected chi connectivity index (χ3v) is 1.68. The molecule has 0 amide bonds. The van der Waals surface area contributed by atoms with Gasteiger partial charge in [0.15, 0.2) is 0 Å². The summed E-state index contributed by atoms with van der Waals surface area (Å²) in [6.45, 7) is 7.80. The molecule has 0 N–H and O–H groups in total. The third kappa shape index (κ3) is 3.96. The molecule has 0 aromatic heterocycles. The Bertz CT molecular complexity index is 212. The van der Waals surface area contributed by atoms with Gasteiger partial charge in [-0.05, 0) is 33.3 Å². The molecule has 0 aliphatic heterocycles. The quantitative estimate of drug-likeness (QED) is 0.367. The number of carbonyl (C=O) groups excluding carboxylic acids is 1. The van der Waals surface area contributed by atoms with Crippen LogP contribution in [0, 0.1) is 0 Å². The zero-order valence-corrected chi connectivity index (χ0v) is 8.18. The van der Waals surface area contributed by atoms with Gasteiger partial charge in [0.25, 0.3) is 0 Å². The van der Waals surface area contributed by atoms with Crippen LogP contribution in [0.4, 0.5) is 0 Å². The Kier molecular flexibility index (Phi) is 5.09. The van der Waals surface area contributed by atoms with Gasteiger partial charge in [0.1, 0.15) is 6.61 Å². The van der Waals surface area contributed by atoms with Crippen LogP contribution in [0.25, 0.3) is 0 Å². The van der Waals surface area contributed by atoms with Crippen LogP contribution < -0.4 is 0 Å². The highest BCUT2D eigenvalue weighted by atomic mass is 16.5. The molecular weight excluding hydrogens is 152 g/mol. The smallest absolute Gasteiger partial charge is 0.333 e. The van der Waals surface area contributed by atoms with Crippen molar-refractivity contribution in [2.24, 2.45) is 0 Å². The van der Waals surface area contributed by atoms with E-state index in [0.29, 0.717) is 12.2 Å². The van der Waals surface area contributed by atoms with Crippen molar-refractivity contribution in [3.63, 3.8) is 0 Å². The van der Waals surface area contributed by atoms with Crippen molar-refractivity contribution in [3.8, 4) is 0 Å². The van der Waals surface area contributed by atoms with Crippen molar-refractivity contribution in [1.29, 1.82) is 0 Å². The summed E-state index contributed by atoms with van der Waals surface area (Å²) in [6.07, 6.45) is 3.67. The lowest BCUT2D eigenvalue weighted by Crippen LogP contribution is -2.07. The molecular formula is C10H16O2. The topological polar surface area (TPSA) is 26.3 Å². The van der Waals surface area contributed by atoms with Crippen LogP contribution >= 0.6 is 0 Å². The van der Waals surface area contributed by atoms with Gasteiger partial charge in [-0.2, -0.15) is 0 Å². The maximum absolute atomic E-state index is 11.1. The molecule has 0 unspecified atom stereocenters. The van der Waals surface area contributed by atoms with Gasteiger partial charge in [-0.15, -0.1) is 0 Å². The van der Waals surface area contributed by atoms with Crippen molar-refractivity contribution in [2.45, 2.75) is 27.7 Å². The number of ether oxygens (including phenoxy) is 1. The largest absolute Gasteiger partial charge is 0.458 e. The number of carbonyl (C=O) groups is 1. The van der Waals surface area contributed by atoms with E-state index in [1.807, 2.05) is 26.8 Å². The van der Waals surface area contributed by atoms with Gasteiger partial charge in [0, 0.05) is 5.57 Å². The molecule has 0 aromatic carbocycles. The molecule has 0 radical (unpaired) electrons. The summed E-state index contributed by atoms with van der Waals surface area (Å²) in [4.78, 5) is 11.1. The molecule has 2 heteroatoms. The minimum absolute atomic E-state index is 0.237. The van der Waals surface area contributed by atoms with Crippen LogP contribution in [-0.4, -0.2) is 12.6 Å². The van der Waals surface area contributed by atoms with E-state index in [9.17, 15) is 4.79 Å². The highest BCUT2D eigenvalue weighted by molar-refractivity contribution is 5.87. The number of hydrogen-bond donors (Lipinski definition) is 0. The molecule has 0 saturated heterocycles. The second-order valence-electron chi connectivity index (χ2n) is 2.68. The van der Waals surface area contributed by atoms with Gasteiger partial charge in [-0.3, -0.25) is 0 Å². The molecule has 12 heavy (non-hydrogen) atoms. The Morgan fingerprint density at radius 3 is 2.25 bits per heavy atom. The Morgan fingerprint density at radius 1 is 1.25 bits per heavy atom. The zero-order chi connectivity index (χ0) is 9.56. The number of allylic oxidation sites excluding steroid dienone is 2. The fraction of sp³-hybridized carbons (Fsp3) is 0.500. The van der Waals surface area contributed by atoms with Crippen LogP contribution in [0.5, 0.6) is 0 Å². The van der Waals surface area contributed by atoms with E-state index in [1.165, 1.54) is 0 Å². The first-order valence-corrected chi connectivity index (χ1v) is 4.03. The van der Waals surface area contributed by atoms with Crippen LogP contribution in [0.2, 0.25) is 0 Å². The number of hydrogen-bond acceptors (Lipinski definition) is 2. The normalized spacial score (nSPS) is 13.0. The molecule has 2 nitrogen and oxygen atoms in total. The fourth-order valence-electron chi connectivity index (χ4n) is 0.494. The predicted octanol–water partition coefficient (Wildman–Crippen LogP) is 2.46. The summed E-state index contributed by atoms with van der Waals surface area (Å²) in [6, 6.07) is 0. The minimum atomic E-state index is -0.237. The highest BCUT2D eigenvalue weighted by Crippen LogP contribution is 1.99. The third-order valence-electron chi connectivity index (χ3n) is 1.68. The molecule has 68 valence electrons. The lowest BCUT2D eigenvalue weighted by atomic mass is 10.3. The molecule has 0 saturated carbocycles. The van der Waals surface area contributed by atoms with E-state index in [0.717, 1.165) is 5.57 Å². The minimum Gasteiger partial charge on any atom is -0.458 e. The predicted molar refractivity (Wildman–Crippen MR) is 49.8 cm³/mol. The first-order chi connectivity index (χ1) is 5.61. The molecule has 0 atom stereocenters. The maximum atomic E-state index is 11.1. The van der Waals surface area contributed by atoms with E-state index in [-0.39, 0.29) is 5.97 Å². The van der Waals surface area contributed by atoms with Gasteiger partial charge in [-0.25, -0.2) is 4.79 Å². The van der Waals surface area contributed by atoms with Crippen LogP contribution in [0.1, 0.15) is 27.7 Å². The average Bonchev–Trinajstić information content (AvgIpc) is 2.11. The molecule has 0 aliphatic carbocycles. The first-order valence-electron chi connectivity index (χ1n) is 4.03. The molecule has 0 rings (SSSR count). The maximum Gasteiger partial charge on any atom is 0.333 e. The van der Waals surface area contributed by atoms with Gasteiger partial charge in [0.2, 0.25) is 0 Å². The molecule has 0 fully saturated rings. The van der Waals surface area contributed by atoms with E-state index < -0.39 is 0 Å². The molecule has 0 spiro atoms.